The lowest BCUT2D eigenvalue weighted by Crippen LogP contribution is -2.59. The fraction of sp³-hybridized carbons (Fsp3) is 0.500. The lowest BCUT2D eigenvalue weighted by molar-refractivity contribution is -0.136. The summed E-state index contributed by atoms with van der Waals surface area (Å²) in [6.07, 6.45) is 8.04. The van der Waals surface area contributed by atoms with Gasteiger partial charge < -0.3 is 20.7 Å². The van der Waals surface area contributed by atoms with Gasteiger partial charge in [0.05, 0.1) is 17.5 Å². The van der Waals surface area contributed by atoms with Gasteiger partial charge in [-0.15, -0.1) is 0 Å². The van der Waals surface area contributed by atoms with E-state index in [4.69, 9.17) is 16.3 Å². The first-order valence-corrected chi connectivity index (χ1v) is 12.5. The van der Waals surface area contributed by atoms with E-state index in [9.17, 15) is 9.18 Å². The predicted octanol–water partition coefficient (Wildman–Crippen LogP) is 5.80. The number of hydrogen-bond donors (Lipinski definition) is 3. The second-order valence-electron chi connectivity index (χ2n) is 9.48. The molecule has 3 N–H and O–H groups in total. The molecule has 2 fully saturated rings. The zero-order chi connectivity index (χ0) is 22.8. The van der Waals surface area contributed by atoms with Crippen molar-refractivity contribution in [1.82, 2.24) is 5.32 Å². The number of halogens is 2. The van der Waals surface area contributed by atoms with E-state index < -0.39 is 11.6 Å². The number of hydrogen-bond acceptors (Lipinski definition) is 4. The van der Waals surface area contributed by atoms with Gasteiger partial charge in [0.25, 0.3) is 0 Å². The summed E-state index contributed by atoms with van der Waals surface area (Å²) in [5.74, 6) is -0.916. The molecule has 5 rings (SSSR count). The van der Waals surface area contributed by atoms with Gasteiger partial charge in [-0.2, -0.15) is 0 Å². The van der Waals surface area contributed by atoms with Gasteiger partial charge in [-0.3, -0.25) is 4.79 Å². The summed E-state index contributed by atoms with van der Waals surface area (Å²) in [5, 5.41) is 11.0. The molecule has 0 radical (unpaired) electrons. The van der Waals surface area contributed by atoms with E-state index >= 15 is 0 Å². The number of rotatable bonds is 5. The average Bonchev–Trinajstić information content (AvgIpc) is 3.20. The van der Waals surface area contributed by atoms with E-state index in [0.717, 1.165) is 56.2 Å². The summed E-state index contributed by atoms with van der Waals surface area (Å²) in [6.45, 7) is 0.635. The number of anilines is 2. The van der Waals surface area contributed by atoms with E-state index in [-0.39, 0.29) is 23.9 Å². The van der Waals surface area contributed by atoms with Crippen molar-refractivity contribution in [3.05, 3.63) is 58.9 Å². The van der Waals surface area contributed by atoms with Crippen LogP contribution in [0.5, 0.6) is 0 Å². The van der Waals surface area contributed by atoms with Crippen molar-refractivity contribution < 1.29 is 13.9 Å². The average molecular weight is 472 g/mol. The van der Waals surface area contributed by atoms with Crippen LogP contribution in [0.15, 0.2) is 42.5 Å². The summed E-state index contributed by atoms with van der Waals surface area (Å²) >= 11 is 6.20. The van der Waals surface area contributed by atoms with E-state index in [1.165, 1.54) is 18.6 Å². The lowest BCUT2D eigenvalue weighted by Gasteiger charge is -2.43. The fourth-order valence-electron chi connectivity index (χ4n) is 5.59. The highest BCUT2D eigenvalue weighted by molar-refractivity contribution is 6.30. The zero-order valence-corrected chi connectivity index (χ0v) is 19.5. The van der Waals surface area contributed by atoms with E-state index in [1.807, 2.05) is 24.3 Å². The second kappa shape index (κ2) is 9.51. The van der Waals surface area contributed by atoms with Crippen LogP contribution in [0.2, 0.25) is 5.02 Å². The highest BCUT2D eigenvalue weighted by atomic mass is 35.5. The van der Waals surface area contributed by atoms with Crippen LogP contribution in [0.3, 0.4) is 0 Å². The molecular weight excluding hydrogens is 441 g/mol. The summed E-state index contributed by atoms with van der Waals surface area (Å²) < 4.78 is 20.3. The normalized spacial score (nSPS) is 26.1. The van der Waals surface area contributed by atoms with Crippen LogP contribution in [0, 0.1) is 11.7 Å². The molecule has 1 saturated heterocycles. The van der Waals surface area contributed by atoms with Crippen LogP contribution < -0.4 is 16.0 Å². The monoisotopic (exact) mass is 471 g/mol. The largest absolute Gasteiger partial charge is 0.377 e. The summed E-state index contributed by atoms with van der Waals surface area (Å²) in [5.41, 5.74) is 1.27. The van der Waals surface area contributed by atoms with Crippen molar-refractivity contribution in [2.75, 3.05) is 17.2 Å². The van der Waals surface area contributed by atoms with Crippen molar-refractivity contribution in [2.24, 2.45) is 5.92 Å². The second-order valence-corrected chi connectivity index (χ2v) is 9.92. The molecule has 2 aromatic rings. The standard InChI is InChI=1S/C26H31ClFN3O2/c27-18-11-9-17(10-12-18)26(30-21-14-13-19(28)16-22(21)31-26)24(23-8-4-5-15-33-23)25(32)29-20-6-2-1-3-7-20/h9-14,16,20,23-24,30-31H,1-8,15H2,(H,29,32)/t23-,24-,26?/m0/s1. The zero-order valence-electron chi connectivity index (χ0n) is 18.7. The molecule has 0 spiro atoms. The molecule has 2 aromatic carbocycles. The number of carbonyl (C=O) groups is 1. The first-order chi connectivity index (χ1) is 16.0. The highest BCUT2D eigenvalue weighted by Crippen LogP contribution is 2.47. The minimum Gasteiger partial charge on any atom is -0.377 e. The Morgan fingerprint density at radius 3 is 2.45 bits per heavy atom. The van der Waals surface area contributed by atoms with Gasteiger partial charge in [0.2, 0.25) is 5.91 Å². The number of benzene rings is 2. The molecule has 1 amide bonds. The van der Waals surface area contributed by atoms with Crippen LogP contribution in [-0.2, 0) is 15.2 Å². The maximum absolute atomic E-state index is 14.1. The van der Waals surface area contributed by atoms with Gasteiger partial charge in [0.15, 0.2) is 0 Å². The number of carbonyl (C=O) groups excluding carboxylic acids is 1. The quantitative estimate of drug-likeness (QED) is 0.515. The SMILES string of the molecule is O=C(NC1CCCCC1)[C@H]([C@@H]1CCCCO1)C1(c2ccc(Cl)cc2)Nc2ccc(F)cc2N1. The number of fused-ring (bicyclic) bond motifs is 1. The molecule has 2 aliphatic heterocycles. The van der Waals surface area contributed by atoms with Crippen molar-refractivity contribution >= 4 is 28.9 Å². The molecule has 3 atom stereocenters. The first-order valence-electron chi connectivity index (χ1n) is 12.1. The van der Waals surface area contributed by atoms with E-state index in [0.29, 0.717) is 17.3 Å². The maximum Gasteiger partial charge on any atom is 0.230 e. The van der Waals surface area contributed by atoms with Crippen LogP contribution >= 0.6 is 11.6 Å². The molecular formula is C26H31ClFN3O2. The van der Waals surface area contributed by atoms with Crippen LogP contribution in [0.1, 0.15) is 56.9 Å². The van der Waals surface area contributed by atoms with Gasteiger partial charge in [-0.1, -0.05) is 43.0 Å². The molecule has 33 heavy (non-hydrogen) atoms. The Kier molecular flexibility index (Phi) is 6.48. The fourth-order valence-corrected chi connectivity index (χ4v) is 5.71. The van der Waals surface area contributed by atoms with Gasteiger partial charge in [-0.25, -0.2) is 4.39 Å². The first kappa shape index (κ1) is 22.5. The Labute approximate surface area is 199 Å². The maximum atomic E-state index is 14.1. The number of amides is 1. The molecule has 1 unspecified atom stereocenters. The third-order valence-corrected chi connectivity index (χ3v) is 7.48. The van der Waals surface area contributed by atoms with Crippen molar-refractivity contribution in [3.63, 3.8) is 0 Å². The number of nitrogens with one attached hydrogen (secondary N) is 3. The molecule has 7 heteroatoms. The van der Waals surface area contributed by atoms with Gasteiger partial charge >= 0.3 is 0 Å². The summed E-state index contributed by atoms with van der Waals surface area (Å²) in [4.78, 5) is 14.0. The van der Waals surface area contributed by atoms with Crippen molar-refractivity contribution in [1.29, 1.82) is 0 Å². The van der Waals surface area contributed by atoms with Crippen LogP contribution in [0.4, 0.5) is 15.8 Å². The minimum absolute atomic E-state index is 0.0305. The van der Waals surface area contributed by atoms with Gasteiger partial charge in [0.1, 0.15) is 17.4 Å². The lowest BCUT2D eigenvalue weighted by atomic mass is 9.79. The third kappa shape index (κ3) is 4.56. The van der Waals surface area contributed by atoms with Crippen LogP contribution in [-0.4, -0.2) is 24.7 Å². The third-order valence-electron chi connectivity index (χ3n) is 7.23. The molecule has 2 heterocycles. The van der Waals surface area contributed by atoms with E-state index in [1.54, 1.807) is 6.07 Å². The molecule has 0 aromatic heterocycles. The summed E-state index contributed by atoms with van der Waals surface area (Å²) in [7, 11) is 0. The molecule has 3 aliphatic rings. The molecule has 1 aliphatic carbocycles. The minimum atomic E-state index is -0.985. The Bertz CT molecular complexity index is 990. The smallest absolute Gasteiger partial charge is 0.230 e. The topological polar surface area (TPSA) is 62.4 Å². The number of ether oxygens (including phenoxy) is 1. The Balaban J connectivity index is 1.57. The van der Waals surface area contributed by atoms with Gasteiger partial charge in [-0.05, 0) is 68.0 Å². The Morgan fingerprint density at radius 1 is 1.00 bits per heavy atom. The highest BCUT2D eigenvalue weighted by Gasteiger charge is 2.53. The van der Waals surface area contributed by atoms with Gasteiger partial charge in [0, 0.05) is 17.7 Å². The molecule has 1 saturated carbocycles. The Hall–Kier alpha value is -2.31. The van der Waals surface area contributed by atoms with E-state index in [2.05, 4.69) is 16.0 Å². The van der Waals surface area contributed by atoms with Crippen LogP contribution in [0.25, 0.3) is 0 Å². The molecule has 176 valence electrons. The molecule has 0 bridgehead atoms. The van der Waals surface area contributed by atoms with Crippen molar-refractivity contribution in [3.8, 4) is 0 Å². The van der Waals surface area contributed by atoms with Crippen molar-refractivity contribution in [2.45, 2.75) is 69.2 Å². The summed E-state index contributed by atoms with van der Waals surface area (Å²) in [6, 6.07) is 12.3. The predicted molar refractivity (Wildman–Crippen MR) is 129 cm³/mol. The Morgan fingerprint density at radius 2 is 1.73 bits per heavy atom. The molecule has 5 nitrogen and oxygen atoms in total.